The van der Waals surface area contributed by atoms with Gasteiger partial charge in [-0.2, -0.15) is 5.10 Å². The molecule has 0 saturated heterocycles. The van der Waals surface area contributed by atoms with Crippen molar-refractivity contribution in [2.75, 3.05) is 5.32 Å². The lowest BCUT2D eigenvalue weighted by Crippen LogP contribution is -2.05. The first-order chi connectivity index (χ1) is 7.42. The molecule has 76 valence electrons. The van der Waals surface area contributed by atoms with E-state index in [1.165, 1.54) is 12.8 Å². The predicted octanol–water partition coefficient (Wildman–Crippen LogP) is 1.24. The monoisotopic (exact) mass is 201 g/mol. The predicted molar refractivity (Wildman–Crippen MR) is 55.8 cm³/mol. The van der Waals surface area contributed by atoms with Crippen LogP contribution in [0.1, 0.15) is 12.8 Å². The van der Waals surface area contributed by atoms with E-state index in [0.717, 1.165) is 11.6 Å². The SMILES string of the molecule is c1cnn(-c2cc(NC3CC3)ncn2)c1. The fourth-order valence-electron chi connectivity index (χ4n) is 1.39. The Balaban J connectivity index is 1.88. The summed E-state index contributed by atoms with van der Waals surface area (Å²) in [5, 5.41) is 7.45. The van der Waals surface area contributed by atoms with E-state index in [4.69, 9.17) is 0 Å². The number of nitrogens with one attached hydrogen (secondary N) is 1. The van der Waals surface area contributed by atoms with Gasteiger partial charge in [-0.1, -0.05) is 0 Å². The van der Waals surface area contributed by atoms with E-state index < -0.39 is 0 Å². The van der Waals surface area contributed by atoms with Gasteiger partial charge in [-0.3, -0.25) is 0 Å². The van der Waals surface area contributed by atoms with Crippen LogP contribution in [-0.2, 0) is 0 Å². The molecule has 0 radical (unpaired) electrons. The van der Waals surface area contributed by atoms with Crippen molar-refractivity contribution in [3.05, 3.63) is 30.9 Å². The summed E-state index contributed by atoms with van der Waals surface area (Å²) in [4.78, 5) is 8.33. The number of hydrogen-bond acceptors (Lipinski definition) is 4. The maximum Gasteiger partial charge on any atom is 0.158 e. The van der Waals surface area contributed by atoms with Crippen molar-refractivity contribution in [1.29, 1.82) is 0 Å². The van der Waals surface area contributed by atoms with E-state index in [9.17, 15) is 0 Å². The largest absolute Gasteiger partial charge is 0.367 e. The van der Waals surface area contributed by atoms with Gasteiger partial charge in [0.2, 0.25) is 0 Å². The van der Waals surface area contributed by atoms with Gasteiger partial charge in [0.15, 0.2) is 5.82 Å². The first-order valence-electron chi connectivity index (χ1n) is 5.00. The highest BCUT2D eigenvalue weighted by atomic mass is 15.3. The number of hydrogen-bond donors (Lipinski definition) is 1. The summed E-state index contributed by atoms with van der Waals surface area (Å²) in [5.74, 6) is 1.66. The Morgan fingerprint density at radius 2 is 2.27 bits per heavy atom. The van der Waals surface area contributed by atoms with E-state index in [2.05, 4.69) is 20.4 Å². The van der Waals surface area contributed by atoms with Crippen LogP contribution in [0.4, 0.5) is 5.82 Å². The number of nitrogens with zero attached hydrogens (tertiary/aromatic N) is 4. The van der Waals surface area contributed by atoms with Gasteiger partial charge in [0.05, 0.1) is 0 Å². The molecule has 15 heavy (non-hydrogen) atoms. The average Bonchev–Trinajstić information content (AvgIpc) is 2.91. The van der Waals surface area contributed by atoms with Crippen LogP contribution in [0.3, 0.4) is 0 Å². The molecule has 1 aliphatic carbocycles. The molecule has 0 bridgehead atoms. The third-order valence-corrected chi connectivity index (χ3v) is 2.32. The highest BCUT2D eigenvalue weighted by molar-refractivity contribution is 5.41. The van der Waals surface area contributed by atoms with Crippen molar-refractivity contribution in [2.24, 2.45) is 0 Å². The summed E-state index contributed by atoms with van der Waals surface area (Å²) < 4.78 is 1.72. The molecule has 5 heteroatoms. The molecule has 0 aliphatic heterocycles. The van der Waals surface area contributed by atoms with Gasteiger partial charge < -0.3 is 5.32 Å². The van der Waals surface area contributed by atoms with E-state index >= 15 is 0 Å². The van der Waals surface area contributed by atoms with Crippen molar-refractivity contribution in [3.8, 4) is 5.82 Å². The minimum absolute atomic E-state index is 0.602. The van der Waals surface area contributed by atoms with Crippen LogP contribution in [0.2, 0.25) is 0 Å². The summed E-state index contributed by atoms with van der Waals surface area (Å²) in [5.41, 5.74) is 0. The summed E-state index contributed by atoms with van der Waals surface area (Å²) in [6, 6.07) is 4.38. The van der Waals surface area contributed by atoms with Gasteiger partial charge in [-0.05, 0) is 18.9 Å². The third kappa shape index (κ3) is 1.81. The van der Waals surface area contributed by atoms with Crippen LogP contribution in [0, 0.1) is 0 Å². The molecule has 5 nitrogen and oxygen atoms in total. The fourth-order valence-corrected chi connectivity index (χ4v) is 1.39. The lowest BCUT2D eigenvalue weighted by molar-refractivity contribution is 0.839. The highest BCUT2D eigenvalue weighted by Gasteiger charge is 2.21. The van der Waals surface area contributed by atoms with Gasteiger partial charge in [0, 0.05) is 24.5 Å². The molecule has 2 heterocycles. The number of anilines is 1. The Labute approximate surface area is 87.2 Å². The molecule has 1 fully saturated rings. The van der Waals surface area contributed by atoms with E-state index in [1.807, 2.05) is 18.3 Å². The standard InChI is InChI=1S/C10H11N5/c1-4-13-15(5-1)10-6-9(11-7-12-10)14-8-2-3-8/h1,4-8H,2-3H2,(H,11,12,14). The zero-order chi connectivity index (χ0) is 10.1. The lowest BCUT2D eigenvalue weighted by atomic mass is 10.5. The summed E-state index contributed by atoms with van der Waals surface area (Å²) in [7, 11) is 0. The molecule has 3 rings (SSSR count). The zero-order valence-corrected chi connectivity index (χ0v) is 8.17. The van der Waals surface area contributed by atoms with Crippen molar-refractivity contribution in [3.63, 3.8) is 0 Å². The van der Waals surface area contributed by atoms with Crippen molar-refractivity contribution >= 4 is 5.82 Å². The lowest BCUT2D eigenvalue weighted by Gasteiger charge is -2.04. The van der Waals surface area contributed by atoms with Gasteiger partial charge in [-0.25, -0.2) is 14.6 Å². The molecule has 2 aromatic rings. The topological polar surface area (TPSA) is 55.6 Å². The Morgan fingerprint density at radius 3 is 3.00 bits per heavy atom. The molecule has 0 atom stereocenters. The van der Waals surface area contributed by atoms with Crippen molar-refractivity contribution in [2.45, 2.75) is 18.9 Å². The van der Waals surface area contributed by atoms with E-state index in [1.54, 1.807) is 17.2 Å². The Morgan fingerprint density at radius 1 is 1.33 bits per heavy atom. The molecule has 1 N–H and O–H groups in total. The van der Waals surface area contributed by atoms with Crippen LogP contribution < -0.4 is 5.32 Å². The molecular formula is C10H11N5. The summed E-state index contributed by atoms with van der Waals surface area (Å²) in [6.45, 7) is 0. The quantitative estimate of drug-likeness (QED) is 0.811. The van der Waals surface area contributed by atoms with Gasteiger partial charge in [-0.15, -0.1) is 0 Å². The van der Waals surface area contributed by atoms with Gasteiger partial charge >= 0.3 is 0 Å². The second-order valence-corrected chi connectivity index (χ2v) is 3.63. The molecular weight excluding hydrogens is 190 g/mol. The number of rotatable bonds is 3. The maximum absolute atomic E-state index is 4.17. The third-order valence-electron chi connectivity index (χ3n) is 2.32. The summed E-state index contributed by atoms with van der Waals surface area (Å²) in [6.07, 6.45) is 7.63. The second kappa shape index (κ2) is 3.34. The van der Waals surface area contributed by atoms with Crippen LogP contribution in [0.5, 0.6) is 0 Å². The van der Waals surface area contributed by atoms with Crippen molar-refractivity contribution in [1.82, 2.24) is 19.7 Å². The minimum atomic E-state index is 0.602. The molecule has 0 amide bonds. The highest BCUT2D eigenvalue weighted by Crippen LogP contribution is 2.23. The molecule has 1 aliphatic rings. The minimum Gasteiger partial charge on any atom is -0.367 e. The van der Waals surface area contributed by atoms with Crippen LogP contribution >= 0.6 is 0 Å². The van der Waals surface area contributed by atoms with Crippen molar-refractivity contribution < 1.29 is 0 Å². The van der Waals surface area contributed by atoms with Crippen LogP contribution in [0.15, 0.2) is 30.9 Å². The maximum atomic E-state index is 4.17. The van der Waals surface area contributed by atoms with E-state index in [-0.39, 0.29) is 0 Å². The van der Waals surface area contributed by atoms with Crippen LogP contribution in [0.25, 0.3) is 5.82 Å². The first-order valence-corrected chi connectivity index (χ1v) is 5.00. The zero-order valence-electron chi connectivity index (χ0n) is 8.17. The molecule has 1 saturated carbocycles. The van der Waals surface area contributed by atoms with E-state index in [0.29, 0.717) is 6.04 Å². The molecule has 0 aromatic carbocycles. The molecule has 0 unspecified atom stereocenters. The molecule has 2 aromatic heterocycles. The number of aromatic nitrogens is 4. The fraction of sp³-hybridized carbons (Fsp3) is 0.300. The summed E-state index contributed by atoms with van der Waals surface area (Å²) >= 11 is 0. The van der Waals surface area contributed by atoms with Gasteiger partial charge in [0.1, 0.15) is 12.1 Å². The Kier molecular flexibility index (Phi) is 1.87. The average molecular weight is 201 g/mol. The Bertz CT molecular complexity index is 447. The molecule has 0 spiro atoms. The second-order valence-electron chi connectivity index (χ2n) is 3.63. The van der Waals surface area contributed by atoms with Crippen LogP contribution in [-0.4, -0.2) is 25.8 Å². The van der Waals surface area contributed by atoms with Gasteiger partial charge in [0.25, 0.3) is 0 Å². The smallest absolute Gasteiger partial charge is 0.158 e. The normalized spacial score (nSPS) is 15.2. The first kappa shape index (κ1) is 8.40. The Hall–Kier alpha value is -1.91.